The predicted molar refractivity (Wildman–Crippen MR) is 181 cm³/mol. The average Bonchev–Trinajstić information content (AvgIpc) is 3.02. The predicted octanol–water partition coefficient (Wildman–Crippen LogP) is 8.19. The van der Waals surface area contributed by atoms with Crippen LogP contribution in [0.2, 0.25) is 0 Å². The van der Waals surface area contributed by atoms with E-state index in [9.17, 15) is 18.2 Å². The number of halogens is 2. The Morgan fingerprint density at radius 3 is 2.26 bits per heavy atom. The first-order chi connectivity index (χ1) is 22.1. The lowest BCUT2D eigenvalue weighted by Gasteiger charge is -2.21. The number of carbonyl (C=O) groups excluding carboxylic acids is 2. The van der Waals surface area contributed by atoms with Crippen LogP contribution in [-0.2, 0) is 11.3 Å². The van der Waals surface area contributed by atoms with Gasteiger partial charge in [0.2, 0.25) is 5.91 Å². The van der Waals surface area contributed by atoms with Gasteiger partial charge in [-0.2, -0.15) is 0 Å². The molecule has 1 amide bonds. The summed E-state index contributed by atoms with van der Waals surface area (Å²) in [6.45, 7) is 7.62. The molecule has 6 nitrogen and oxygen atoms in total. The molecule has 0 heterocycles. The van der Waals surface area contributed by atoms with Crippen molar-refractivity contribution in [1.29, 1.82) is 0 Å². The second kappa shape index (κ2) is 16.6. The molecule has 0 spiro atoms. The lowest BCUT2D eigenvalue weighted by Crippen LogP contribution is -2.29. The first-order valence-corrected chi connectivity index (χ1v) is 15.6. The Morgan fingerprint density at radius 1 is 0.891 bits per heavy atom. The Hall–Kier alpha value is -4.66. The number of allylic oxidation sites excluding steroid dienone is 1. The van der Waals surface area contributed by atoms with Gasteiger partial charge in [-0.05, 0) is 73.4 Å². The molecule has 0 aliphatic carbocycles. The lowest BCUT2D eigenvalue weighted by molar-refractivity contribution is -0.129. The number of methoxy groups -OCH3 is 1. The summed E-state index contributed by atoms with van der Waals surface area (Å²) in [7, 11) is -1.42. The summed E-state index contributed by atoms with van der Waals surface area (Å²) in [6.07, 6.45) is 4.91. The summed E-state index contributed by atoms with van der Waals surface area (Å²) in [4.78, 5) is 27.3. The van der Waals surface area contributed by atoms with Crippen molar-refractivity contribution in [2.75, 3.05) is 20.3 Å². The zero-order valence-electron chi connectivity index (χ0n) is 26.9. The van der Waals surface area contributed by atoms with Crippen molar-refractivity contribution in [1.82, 2.24) is 10.1 Å². The van der Waals surface area contributed by atoms with Gasteiger partial charge in [0.15, 0.2) is 5.78 Å². The molecule has 0 aromatic heterocycles. The van der Waals surface area contributed by atoms with Crippen LogP contribution in [0.1, 0.15) is 65.2 Å². The topological polar surface area (TPSA) is 67.9 Å². The van der Waals surface area contributed by atoms with E-state index in [1.165, 1.54) is 24.3 Å². The maximum Gasteiger partial charge on any atom is 0.670 e. The molecule has 0 fully saturated rings. The summed E-state index contributed by atoms with van der Waals surface area (Å²) in [5, 5.41) is 3.65. The van der Waals surface area contributed by atoms with Crippen molar-refractivity contribution in [3.8, 4) is 11.5 Å². The van der Waals surface area contributed by atoms with Gasteiger partial charge in [-0.25, -0.2) is 0 Å². The number of ketones is 1. The van der Waals surface area contributed by atoms with Crippen LogP contribution >= 0.6 is 0 Å². The molecule has 0 aliphatic heterocycles. The van der Waals surface area contributed by atoms with E-state index >= 15 is 0 Å². The van der Waals surface area contributed by atoms with Gasteiger partial charge in [0.05, 0.1) is 13.7 Å². The first-order valence-electron chi connectivity index (χ1n) is 15.6. The van der Waals surface area contributed by atoms with E-state index in [0.29, 0.717) is 41.2 Å². The molecule has 4 aromatic rings. The van der Waals surface area contributed by atoms with Crippen LogP contribution in [-0.4, -0.2) is 44.3 Å². The molecule has 1 N–H and O–H groups in total. The normalized spacial score (nSPS) is 11.3. The van der Waals surface area contributed by atoms with Gasteiger partial charge in [-0.15, -0.1) is 0 Å². The molecule has 0 unspecified atom stereocenters. The number of unbranched alkanes of at least 4 members (excludes halogenated alkanes) is 3. The van der Waals surface area contributed by atoms with Gasteiger partial charge in [0.1, 0.15) is 11.5 Å². The highest BCUT2D eigenvalue weighted by Crippen LogP contribution is 2.33. The van der Waals surface area contributed by atoms with Crippen molar-refractivity contribution >= 4 is 35.6 Å². The fourth-order valence-corrected chi connectivity index (χ4v) is 5.61. The minimum Gasteiger partial charge on any atom is -0.496 e. The largest absolute Gasteiger partial charge is 0.670 e. The molecular formula is C37H41BF2N2O4. The molecule has 0 bridgehead atoms. The maximum atomic E-state index is 13.6. The third-order valence-corrected chi connectivity index (χ3v) is 7.75. The number of ether oxygens (including phenoxy) is 2. The van der Waals surface area contributed by atoms with Gasteiger partial charge in [0.25, 0.3) is 0 Å². The second-order valence-electron chi connectivity index (χ2n) is 11.5. The highest BCUT2D eigenvalue weighted by atomic mass is 19.2. The molecular weight excluding hydrogens is 585 g/mol. The Morgan fingerprint density at radius 2 is 1.59 bits per heavy atom. The van der Waals surface area contributed by atoms with Crippen LogP contribution in [0.3, 0.4) is 0 Å². The number of nitrogens with one attached hydrogen (secondary N) is 1. The molecule has 4 aromatic carbocycles. The van der Waals surface area contributed by atoms with E-state index in [-0.39, 0.29) is 11.6 Å². The van der Waals surface area contributed by atoms with Crippen LogP contribution in [0.4, 0.5) is 8.63 Å². The Balaban J connectivity index is 1.29. The summed E-state index contributed by atoms with van der Waals surface area (Å²) < 4.78 is 38.5. The zero-order chi connectivity index (χ0) is 33.1. The molecule has 0 radical (unpaired) electrons. The van der Waals surface area contributed by atoms with E-state index in [4.69, 9.17) is 9.47 Å². The number of hydrogen-bond donors (Lipinski definition) is 1. The van der Waals surface area contributed by atoms with Crippen molar-refractivity contribution in [3.63, 3.8) is 0 Å². The van der Waals surface area contributed by atoms with Gasteiger partial charge in [-0.3, -0.25) is 18.2 Å². The number of benzene rings is 4. The third-order valence-electron chi connectivity index (χ3n) is 7.75. The number of aryl methyl sites for hydroxylation is 2. The molecule has 4 rings (SSSR count). The smallest absolute Gasteiger partial charge is 0.496 e. The molecule has 9 heteroatoms. The highest BCUT2D eigenvalue weighted by molar-refractivity contribution is 6.42. The van der Waals surface area contributed by atoms with Crippen molar-refractivity contribution in [2.45, 2.75) is 53.0 Å². The third kappa shape index (κ3) is 9.67. The van der Waals surface area contributed by atoms with Crippen molar-refractivity contribution in [3.05, 3.63) is 113 Å². The molecule has 0 saturated heterocycles. The maximum absolute atomic E-state index is 13.6. The van der Waals surface area contributed by atoms with E-state index in [0.717, 1.165) is 43.2 Å². The molecule has 46 heavy (non-hydrogen) atoms. The van der Waals surface area contributed by atoms with Crippen LogP contribution in [0.15, 0.2) is 84.9 Å². The average molecular weight is 627 g/mol. The number of hydrogen-bond acceptors (Lipinski definition) is 5. The van der Waals surface area contributed by atoms with Crippen molar-refractivity contribution in [2.24, 2.45) is 0 Å². The van der Waals surface area contributed by atoms with E-state index in [1.807, 2.05) is 29.2 Å². The molecule has 0 saturated carbocycles. The summed E-state index contributed by atoms with van der Waals surface area (Å²) in [5.41, 5.74) is 4.27. The van der Waals surface area contributed by atoms with Crippen LogP contribution in [0.25, 0.3) is 16.5 Å². The number of carbonyl (C=O) groups is 2. The quantitative estimate of drug-likeness (QED) is 0.0588. The standard InChI is InChI=1S/C37H41BF2N2O4/c1-26-21-27(2)23-29(22-26)25-42(28(3)43)19-9-5-6-10-20-46-32-16-13-31(14-17-32)35(44)24-34(41-38(39)40)37-33-12-8-7-11-30(33)15-18-36(37)45-4/h7-8,11-18,21-24,41H,5-6,9-10,19-20,25H2,1-4H3/b34-24-. The van der Waals surface area contributed by atoms with Crippen molar-refractivity contribution < 1.29 is 27.7 Å². The molecule has 0 atom stereocenters. The van der Waals surface area contributed by atoms with Crippen LogP contribution in [0.5, 0.6) is 11.5 Å². The van der Waals surface area contributed by atoms with Gasteiger partial charge in [-0.1, -0.05) is 72.5 Å². The SMILES string of the molecule is COc1ccc2ccccc2c1/C(=C/C(=O)c1ccc(OCCCCCCN(Cc2cc(C)cc(C)c2)C(C)=O)cc1)NB(F)F. The van der Waals surface area contributed by atoms with E-state index < -0.39 is 13.2 Å². The number of amides is 1. The summed E-state index contributed by atoms with van der Waals surface area (Å²) in [5.74, 6) is 0.651. The first kappa shape index (κ1) is 34.2. The fraction of sp³-hybridized carbons (Fsp3) is 0.297. The monoisotopic (exact) mass is 626 g/mol. The Labute approximate surface area is 270 Å². The molecule has 0 aliphatic rings. The number of nitrogens with zero attached hydrogens (tertiary/aromatic N) is 1. The second-order valence-corrected chi connectivity index (χ2v) is 11.5. The summed E-state index contributed by atoms with van der Waals surface area (Å²) >= 11 is 0. The van der Waals surface area contributed by atoms with Crippen LogP contribution in [0, 0.1) is 13.8 Å². The summed E-state index contributed by atoms with van der Waals surface area (Å²) in [6, 6.07) is 23.9. The molecule has 240 valence electrons. The Bertz CT molecular complexity index is 1650. The van der Waals surface area contributed by atoms with E-state index in [1.54, 1.807) is 43.3 Å². The number of fused-ring (bicyclic) bond motifs is 1. The highest BCUT2D eigenvalue weighted by Gasteiger charge is 2.22. The minimum absolute atomic E-state index is 0.0225. The fourth-order valence-electron chi connectivity index (χ4n) is 5.61. The minimum atomic E-state index is -2.88. The van der Waals surface area contributed by atoms with Gasteiger partial charge < -0.3 is 19.6 Å². The number of rotatable bonds is 16. The van der Waals surface area contributed by atoms with E-state index in [2.05, 4.69) is 37.3 Å². The zero-order valence-corrected chi connectivity index (χ0v) is 26.9. The lowest BCUT2D eigenvalue weighted by atomic mass is 9.97. The van der Waals surface area contributed by atoms with Gasteiger partial charge in [0, 0.05) is 42.9 Å². The van der Waals surface area contributed by atoms with Gasteiger partial charge >= 0.3 is 7.40 Å². The Kier molecular flexibility index (Phi) is 12.3. The van der Waals surface area contributed by atoms with Crippen LogP contribution < -0.4 is 14.7 Å².